The highest BCUT2D eigenvalue weighted by Crippen LogP contribution is 2.39. The molecule has 0 unspecified atom stereocenters. The zero-order chi connectivity index (χ0) is 16.2. The molecule has 0 N–H and O–H groups in total. The Bertz CT molecular complexity index is 634. The van der Waals surface area contributed by atoms with Gasteiger partial charge in [0.1, 0.15) is 23.7 Å². The molecule has 1 saturated heterocycles. The Hall–Kier alpha value is -1.75. The number of ether oxygens (including phenoxy) is 4. The van der Waals surface area contributed by atoms with Crippen molar-refractivity contribution >= 4 is 11.6 Å². The lowest BCUT2D eigenvalue weighted by atomic mass is 10.1. The maximum atomic E-state index is 5.89. The van der Waals surface area contributed by atoms with Crippen molar-refractivity contribution in [3.05, 3.63) is 58.6 Å². The summed E-state index contributed by atoms with van der Waals surface area (Å²) in [5.41, 5.74) is 2.14. The lowest BCUT2D eigenvalue weighted by molar-refractivity contribution is 0.104. The first-order valence-corrected chi connectivity index (χ1v) is 7.78. The monoisotopic (exact) mass is 334 g/mol. The van der Waals surface area contributed by atoms with Crippen molar-refractivity contribution in [2.24, 2.45) is 0 Å². The highest BCUT2D eigenvalue weighted by atomic mass is 35.5. The van der Waals surface area contributed by atoms with Crippen LogP contribution in [0.2, 0.25) is 5.02 Å². The van der Waals surface area contributed by atoms with Gasteiger partial charge in [0.15, 0.2) is 0 Å². The predicted octanol–water partition coefficient (Wildman–Crippen LogP) is 4.01. The lowest BCUT2D eigenvalue weighted by Gasteiger charge is -2.08. The molecule has 0 aliphatic carbocycles. The van der Waals surface area contributed by atoms with Crippen molar-refractivity contribution in [1.29, 1.82) is 0 Å². The van der Waals surface area contributed by atoms with Gasteiger partial charge in [0.05, 0.1) is 27.4 Å². The number of methoxy groups -OCH3 is 2. The second kappa shape index (κ2) is 7.21. The molecule has 2 atom stereocenters. The summed E-state index contributed by atoms with van der Waals surface area (Å²) in [6, 6.07) is 13.4. The van der Waals surface area contributed by atoms with E-state index in [0.29, 0.717) is 13.2 Å². The standard InChI is InChI=1S/C18H19ClO4/c1-20-15-7-12(8-16(9-15)21-2)10-22-11-17-18(23-17)13-3-5-14(19)6-4-13/h3-9,17-18H,10-11H2,1-2H3/t17-,18-/m0/s1. The average molecular weight is 335 g/mol. The third kappa shape index (κ3) is 4.16. The highest BCUT2D eigenvalue weighted by Gasteiger charge is 2.40. The molecule has 122 valence electrons. The molecule has 0 saturated carbocycles. The van der Waals surface area contributed by atoms with Gasteiger partial charge in [-0.2, -0.15) is 0 Å². The minimum Gasteiger partial charge on any atom is -0.497 e. The molecule has 1 heterocycles. The molecular formula is C18H19ClO4. The third-order valence-electron chi connectivity index (χ3n) is 3.74. The predicted molar refractivity (Wildman–Crippen MR) is 88.3 cm³/mol. The Labute approximate surface area is 140 Å². The number of benzene rings is 2. The van der Waals surface area contributed by atoms with E-state index in [1.54, 1.807) is 14.2 Å². The number of epoxide rings is 1. The number of halogens is 1. The first-order valence-electron chi connectivity index (χ1n) is 7.40. The maximum Gasteiger partial charge on any atom is 0.122 e. The van der Waals surface area contributed by atoms with Gasteiger partial charge in [-0.15, -0.1) is 0 Å². The maximum absolute atomic E-state index is 5.89. The van der Waals surface area contributed by atoms with Gasteiger partial charge in [-0.05, 0) is 35.4 Å². The zero-order valence-corrected chi connectivity index (χ0v) is 13.9. The number of rotatable bonds is 7. The molecule has 0 spiro atoms. The molecule has 0 amide bonds. The second-order valence-electron chi connectivity index (χ2n) is 5.38. The fourth-order valence-corrected chi connectivity index (χ4v) is 2.58. The first kappa shape index (κ1) is 16.1. The molecule has 2 aromatic carbocycles. The molecule has 1 aliphatic rings. The smallest absolute Gasteiger partial charge is 0.122 e. The molecule has 4 nitrogen and oxygen atoms in total. The summed E-state index contributed by atoms with van der Waals surface area (Å²) in [5.74, 6) is 1.51. The molecule has 1 fully saturated rings. The van der Waals surface area contributed by atoms with Crippen molar-refractivity contribution in [3.8, 4) is 11.5 Å². The van der Waals surface area contributed by atoms with Crippen LogP contribution in [0.4, 0.5) is 0 Å². The van der Waals surface area contributed by atoms with Gasteiger partial charge in [0.2, 0.25) is 0 Å². The first-order chi connectivity index (χ1) is 11.2. The second-order valence-corrected chi connectivity index (χ2v) is 5.82. The van der Waals surface area contributed by atoms with E-state index in [1.165, 1.54) is 0 Å². The summed E-state index contributed by atoms with van der Waals surface area (Å²) in [6.07, 6.45) is 0.204. The van der Waals surface area contributed by atoms with Crippen LogP contribution in [0, 0.1) is 0 Å². The summed E-state index contributed by atoms with van der Waals surface area (Å²) >= 11 is 5.89. The molecule has 23 heavy (non-hydrogen) atoms. The molecule has 1 aliphatic heterocycles. The number of hydrogen-bond donors (Lipinski definition) is 0. The molecule has 3 rings (SSSR count). The van der Waals surface area contributed by atoms with Crippen LogP contribution in [0.3, 0.4) is 0 Å². The van der Waals surface area contributed by atoms with Gasteiger partial charge in [0, 0.05) is 11.1 Å². The SMILES string of the molecule is COc1cc(COC[C@@H]2O[C@H]2c2ccc(Cl)cc2)cc(OC)c1. The van der Waals surface area contributed by atoms with Gasteiger partial charge in [0.25, 0.3) is 0 Å². The highest BCUT2D eigenvalue weighted by molar-refractivity contribution is 6.30. The van der Waals surface area contributed by atoms with Crippen molar-refractivity contribution in [2.75, 3.05) is 20.8 Å². The van der Waals surface area contributed by atoms with Crippen LogP contribution >= 0.6 is 11.6 Å². The molecule has 0 radical (unpaired) electrons. The van der Waals surface area contributed by atoms with E-state index in [-0.39, 0.29) is 12.2 Å². The average Bonchev–Trinajstić information content (AvgIpc) is 3.34. The number of hydrogen-bond acceptors (Lipinski definition) is 4. The van der Waals surface area contributed by atoms with Crippen LogP contribution in [-0.2, 0) is 16.1 Å². The quantitative estimate of drug-likeness (QED) is 0.717. The molecular weight excluding hydrogens is 316 g/mol. The summed E-state index contributed by atoms with van der Waals surface area (Å²) in [4.78, 5) is 0. The van der Waals surface area contributed by atoms with Crippen LogP contribution in [0.25, 0.3) is 0 Å². The Morgan fingerprint density at radius 2 is 1.65 bits per heavy atom. The summed E-state index contributed by atoms with van der Waals surface area (Å²) < 4.78 is 21.9. The van der Waals surface area contributed by atoms with Crippen molar-refractivity contribution in [2.45, 2.75) is 18.8 Å². The van der Waals surface area contributed by atoms with Crippen LogP contribution in [0.15, 0.2) is 42.5 Å². The van der Waals surface area contributed by atoms with E-state index >= 15 is 0 Å². The van der Waals surface area contributed by atoms with E-state index < -0.39 is 0 Å². The lowest BCUT2D eigenvalue weighted by Crippen LogP contribution is -2.03. The van der Waals surface area contributed by atoms with Gasteiger partial charge < -0.3 is 18.9 Å². The summed E-state index contributed by atoms with van der Waals surface area (Å²) in [7, 11) is 3.27. The van der Waals surface area contributed by atoms with E-state index in [9.17, 15) is 0 Å². The van der Waals surface area contributed by atoms with Crippen molar-refractivity contribution in [3.63, 3.8) is 0 Å². The molecule has 0 bridgehead atoms. The fraction of sp³-hybridized carbons (Fsp3) is 0.333. The Morgan fingerprint density at radius 1 is 1.00 bits per heavy atom. The zero-order valence-electron chi connectivity index (χ0n) is 13.1. The van der Waals surface area contributed by atoms with Crippen LogP contribution in [-0.4, -0.2) is 26.9 Å². The minimum atomic E-state index is 0.101. The third-order valence-corrected chi connectivity index (χ3v) is 4.00. The van der Waals surface area contributed by atoms with Gasteiger partial charge in [-0.25, -0.2) is 0 Å². The van der Waals surface area contributed by atoms with Gasteiger partial charge in [-0.1, -0.05) is 23.7 Å². The van der Waals surface area contributed by atoms with E-state index in [2.05, 4.69) is 0 Å². The fourth-order valence-electron chi connectivity index (χ4n) is 2.46. The topological polar surface area (TPSA) is 40.2 Å². The molecule has 5 heteroatoms. The molecule has 2 aromatic rings. The normalized spacial score (nSPS) is 19.4. The van der Waals surface area contributed by atoms with Crippen LogP contribution in [0.5, 0.6) is 11.5 Å². The van der Waals surface area contributed by atoms with Crippen LogP contribution < -0.4 is 9.47 Å². The van der Waals surface area contributed by atoms with Gasteiger partial charge >= 0.3 is 0 Å². The largest absolute Gasteiger partial charge is 0.497 e. The molecule has 0 aromatic heterocycles. The Morgan fingerprint density at radius 3 is 2.26 bits per heavy atom. The van der Waals surface area contributed by atoms with E-state index in [4.69, 9.17) is 30.5 Å². The summed E-state index contributed by atoms with van der Waals surface area (Å²) in [6.45, 7) is 1.04. The Kier molecular flexibility index (Phi) is 5.06. The van der Waals surface area contributed by atoms with E-state index in [1.807, 2.05) is 42.5 Å². The minimum absolute atomic E-state index is 0.101. The Balaban J connectivity index is 1.50. The summed E-state index contributed by atoms with van der Waals surface area (Å²) in [5, 5.41) is 0.731. The van der Waals surface area contributed by atoms with Gasteiger partial charge in [-0.3, -0.25) is 0 Å². The van der Waals surface area contributed by atoms with Crippen LogP contribution in [0.1, 0.15) is 17.2 Å². The van der Waals surface area contributed by atoms with Crippen molar-refractivity contribution < 1.29 is 18.9 Å². The van der Waals surface area contributed by atoms with E-state index in [0.717, 1.165) is 27.6 Å². The van der Waals surface area contributed by atoms with Crippen molar-refractivity contribution in [1.82, 2.24) is 0 Å².